The molecule has 90 valence electrons. The van der Waals surface area contributed by atoms with Crippen LogP contribution in [0.4, 0.5) is 4.39 Å². The predicted octanol–water partition coefficient (Wildman–Crippen LogP) is 2.73. The van der Waals surface area contributed by atoms with Gasteiger partial charge in [-0.25, -0.2) is 4.68 Å². The van der Waals surface area contributed by atoms with Crippen LogP contribution in [0.2, 0.25) is 0 Å². The van der Waals surface area contributed by atoms with Gasteiger partial charge in [0.25, 0.3) is 0 Å². The smallest absolute Gasteiger partial charge is 0.219 e. The van der Waals surface area contributed by atoms with E-state index in [4.69, 9.17) is 5.73 Å². The third-order valence-corrected chi connectivity index (χ3v) is 2.82. The van der Waals surface area contributed by atoms with E-state index in [1.165, 1.54) is 4.68 Å². The van der Waals surface area contributed by atoms with E-state index in [1.807, 2.05) is 38.1 Å². The highest BCUT2D eigenvalue weighted by atomic mass is 19.1. The summed E-state index contributed by atoms with van der Waals surface area (Å²) in [5, 5.41) is 3.99. The molecule has 1 aromatic carbocycles. The summed E-state index contributed by atoms with van der Waals surface area (Å²) in [6.07, 6.45) is 1.56. The van der Waals surface area contributed by atoms with Gasteiger partial charge in [0.2, 0.25) is 5.95 Å². The lowest BCUT2D eigenvalue weighted by Crippen LogP contribution is -2.04. The first-order chi connectivity index (χ1) is 8.13. The van der Waals surface area contributed by atoms with Crippen molar-refractivity contribution in [2.75, 3.05) is 0 Å². The van der Waals surface area contributed by atoms with Crippen molar-refractivity contribution >= 4 is 0 Å². The van der Waals surface area contributed by atoms with Crippen LogP contribution in [0.1, 0.15) is 25.5 Å². The average molecular weight is 233 g/mol. The third-order valence-electron chi connectivity index (χ3n) is 2.82. The minimum Gasteiger partial charge on any atom is -0.324 e. The van der Waals surface area contributed by atoms with Gasteiger partial charge in [0.05, 0.1) is 11.8 Å². The number of halogens is 1. The molecular formula is C13H16FN3. The molecule has 0 fully saturated rings. The van der Waals surface area contributed by atoms with Crippen molar-refractivity contribution in [1.29, 1.82) is 0 Å². The summed E-state index contributed by atoms with van der Waals surface area (Å²) in [4.78, 5) is 0. The van der Waals surface area contributed by atoms with Gasteiger partial charge in [0, 0.05) is 12.6 Å². The zero-order valence-electron chi connectivity index (χ0n) is 10.0. The average Bonchev–Trinajstić information content (AvgIpc) is 2.70. The number of nitrogens with zero attached hydrogens (tertiary/aromatic N) is 2. The maximum atomic E-state index is 13.9. The first-order valence-electron chi connectivity index (χ1n) is 5.70. The largest absolute Gasteiger partial charge is 0.324 e. The van der Waals surface area contributed by atoms with E-state index in [1.54, 1.807) is 6.20 Å². The lowest BCUT2D eigenvalue weighted by atomic mass is 10.0. The van der Waals surface area contributed by atoms with Crippen molar-refractivity contribution in [2.24, 2.45) is 5.73 Å². The minimum atomic E-state index is -0.291. The number of aryl methyl sites for hydroxylation is 1. The Morgan fingerprint density at radius 3 is 2.47 bits per heavy atom. The van der Waals surface area contributed by atoms with Crippen LogP contribution in [-0.2, 0) is 6.54 Å². The maximum Gasteiger partial charge on any atom is 0.219 e. The fraction of sp³-hybridized carbons (Fsp3) is 0.308. The van der Waals surface area contributed by atoms with Crippen LogP contribution in [0.15, 0.2) is 30.5 Å². The number of hydrogen-bond acceptors (Lipinski definition) is 2. The van der Waals surface area contributed by atoms with Crippen molar-refractivity contribution < 1.29 is 4.39 Å². The molecular weight excluding hydrogens is 217 g/mol. The van der Waals surface area contributed by atoms with E-state index in [9.17, 15) is 4.39 Å². The van der Waals surface area contributed by atoms with Gasteiger partial charge >= 0.3 is 0 Å². The molecule has 1 heterocycles. The second-order valence-corrected chi connectivity index (χ2v) is 4.08. The molecule has 1 atom stereocenters. The highest BCUT2D eigenvalue weighted by Crippen LogP contribution is 2.23. The molecule has 0 aliphatic carbocycles. The van der Waals surface area contributed by atoms with Crippen LogP contribution < -0.4 is 5.73 Å². The van der Waals surface area contributed by atoms with Gasteiger partial charge in [0.1, 0.15) is 0 Å². The molecule has 0 aliphatic rings. The number of benzene rings is 1. The summed E-state index contributed by atoms with van der Waals surface area (Å²) in [5.74, 6) is -0.291. The van der Waals surface area contributed by atoms with Gasteiger partial charge in [-0.3, -0.25) is 0 Å². The van der Waals surface area contributed by atoms with Gasteiger partial charge in [0.15, 0.2) is 0 Å². The molecule has 0 saturated carbocycles. The van der Waals surface area contributed by atoms with E-state index in [0.717, 1.165) is 11.1 Å². The molecule has 0 spiro atoms. The van der Waals surface area contributed by atoms with Crippen LogP contribution in [0, 0.1) is 5.95 Å². The molecule has 2 rings (SSSR count). The Bertz CT molecular complexity index is 500. The summed E-state index contributed by atoms with van der Waals surface area (Å²) in [6, 6.07) is 7.58. The summed E-state index contributed by atoms with van der Waals surface area (Å²) in [7, 11) is 0. The molecule has 0 aliphatic heterocycles. The zero-order chi connectivity index (χ0) is 12.4. The Morgan fingerprint density at radius 2 is 2.00 bits per heavy atom. The second-order valence-electron chi connectivity index (χ2n) is 4.08. The lowest BCUT2D eigenvalue weighted by Gasteiger charge is -2.06. The van der Waals surface area contributed by atoms with Gasteiger partial charge in [-0.15, -0.1) is 0 Å². The highest BCUT2D eigenvalue weighted by molar-refractivity contribution is 5.62. The molecule has 3 nitrogen and oxygen atoms in total. The summed E-state index contributed by atoms with van der Waals surface area (Å²) >= 11 is 0. The number of aromatic nitrogens is 2. The second kappa shape index (κ2) is 4.67. The van der Waals surface area contributed by atoms with Crippen molar-refractivity contribution in [3.8, 4) is 11.1 Å². The van der Waals surface area contributed by atoms with Crippen LogP contribution >= 0.6 is 0 Å². The van der Waals surface area contributed by atoms with Crippen LogP contribution in [0.25, 0.3) is 11.1 Å². The summed E-state index contributed by atoms with van der Waals surface area (Å²) in [6.45, 7) is 4.31. The molecule has 1 unspecified atom stereocenters. The van der Waals surface area contributed by atoms with E-state index in [-0.39, 0.29) is 12.0 Å². The summed E-state index contributed by atoms with van der Waals surface area (Å²) in [5.41, 5.74) is 8.16. The normalized spacial score (nSPS) is 12.7. The van der Waals surface area contributed by atoms with Crippen LogP contribution in [-0.4, -0.2) is 9.78 Å². The maximum absolute atomic E-state index is 13.9. The predicted molar refractivity (Wildman–Crippen MR) is 65.9 cm³/mol. The molecule has 2 aromatic rings. The van der Waals surface area contributed by atoms with Crippen LogP contribution in [0.3, 0.4) is 0 Å². The monoisotopic (exact) mass is 233 g/mol. The molecule has 2 N–H and O–H groups in total. The van der Waals surface area contributed by atoms with E-state index >= 15 is 0 Å². The van der Waals surface area contributed by atoms with Gasteiger partial charge in [-0.2, -0.15) is 9.49 Å². The first kappa shape index (κ1) is 11.8. The number of hydrogen-bond donors (Lipinski definition) is 1. The minimum absolute atomic E-state index is 0.00716. The number of nitrogens with two attached hydrogens (primary N) is 1. The Hall–Kier alpha value is -1.68. The fourth-order valence-corrected chi connectivity index (χ4v) is 1.75. The standard InChI is InChI=1S/C13H16FN3/c1-3-17-13(14)12(8-16-17)11-6-4-10(5-7-11)9(2)15/h4-9H,3,15H2,1-2H3. The van der Waals surface area contributed by atoms with Crippen molar-refractivity contribution in [3.05, 3.63) is 42.0 Å². The Morgan fingerprint density at radius 1 is 1.35 bits per heavy atom. The zero-order valence-corrected chi connectivity index (χ0v) is 10.0. The van der Waals surface area contributed by atoms with Crippen molar-refractivity contribution in [3.63, 3.8) is 0 Å². The Labute approximate surface area is 100 Å². The summed E-state index contributed by atoms with van der Waals surface area (Å²) < 4.78 is 15.2. The van der Waals surface area contributed by atoms with Crippen LogP contribution in [0.5, 0.6) is 0 Å². The molecule has 0 radical (unpaired) electrons. The topological polar surface area (TPSA) is 43.8 Å². The van der Waals surface area contributed by atoms with Gasteiger partial charge in [-0.05, 0) is 25.0 Å². The fourth-order valence-electron chi connectivity index (χ4n) is 1.75. The van der Waals surface area contributed by atoms with E-state index in [0.29, 0.717) is 12.1 Å². The SMILES string of the molecule is CCn1ncc(-c2ccc(C(C)N)cc2)c1F. The van der Waals surface area contributed by atoms with Gasteiger partial charge < -0.3 is 5.73 Å². The molecule has 0 bridgehead atoms. The lowest BCUT2D eigenvalue weighted by molar-refractivity contribution is 0.473. The highest BCUT2D eigenvalue weighted by Gasteiger charge is 2.11. The van der Waals surface area contributed by atoms with E-state index < -0.39 is 0 Å². The van der Waals surface area contributed by atoms with E-state index in [2.05, 4.69) is 5.10 Å². The Kier molecular flexibility index (Phi) is 3.24. The molecule has 1 aromatic heterocycles. The molecule has 17 heavy (non-hydrogen) atoms. The molecule has 0 amide bonds. The molecule has 4 heteroatoms. The van der Waals surface area contributed by atoms with Crippen molar-refractivity contribution in [1.82, 2.24) is 9.78 Å². The molecule has 0 saturated heterocycles. The third kappa shape index (κ3) is 2.22. The first-order valence-corrected chi connectivity index (χ1v) is 5.70. The Balaban J connectivity index is 2.36. The van der Waals surface area contributed by atoms with Crippen molar-refractivity contribution in [2.45, 2.75) is 26.4 Å². The van der Waals surface area contributed by atoms with Gasteiger partial charge in [-0.1, -0.05) is 24.3 Å². The quantitative estimate of drug-likeness (QED) is 0.885. The number of rotatable bonds is 3.